The van der Waals surface area contributed by atoms with Crippen LogP contribution in [0.25, 0.3) is 0 Å². The van der Waals surface area contributed by atoms with E-state index in [9.17, 15) is 9.59 Å². The van der Waals surface area contributed by atoms with Gasteiger partial charge in [0, 0.05) is 23.3 Å². The molecule has 1 aromatic carbocycles. The molecule has 0 radical (unpaired) electrons. The van der Waals surface area contributed by atoms with Gasteiger partial charge in [0.1, 0.15) is 0 Å². The summed E-state index contributed by atoms with van der Waals surface area (Å²) in [4.78, 5) is 26.6. The first-order valence-electron chi connectivity index (χ1n) is 10.00. The largest absolute Gasteiger partial charge is 0.336 e. The van der Waals surface area contributed by atoms with Crippen LogP contribution >= 0.6 is 0 Å². The summed E-state index contributed by atoms with van der Waals surface area (Å²) in [6, 6.07) is 6.91. The third-order valence-electron chi connectivity index (χ3n) is 5.92. The molecule has 3 rings (SSSR count). The Balaban J connectivity index is 1.60. The van der Waals surface area contributed by atoms with Crippen LogP contribution in [0.5, 0.6) is 0 Å². The number of amides is 2. The van der Waals surface area contributed by atoms with Crippen LogP contribution < -0.4 is 10.6 Å². The number of urea groups is 1. The molecule has 2 amide bonds. The van der Waals surface area contributed by atoms with Crippen LogP contribution in [-0.4, -0.2) is 41.9 Å². The Bertz CT molecular complexity index is 632. The Hall–Kier alpha value is -1.88. The predicted molar refractivity (Wildman–Crippen MR) is 105 cm³/mol. The van der Waals surface area contributed by atoms with Gasteiger partial charge in [0.25, 0.3) is 0 Å². The van der Waals surface area contributed by atoms with Crippen LogP contribution in [-0.2, 0) is 0 Å². The third-order valence-corrected chi connectivity index (χ3v) is 5.92. The number of anilines is 1. The molecule has 0 atom stereocenters. The first kappa shape index (κ1) is 18.9. The number of rotatable bonds is 5. The van der Waals surface area contributed by atoms with Crippen LogP contribution in [0.15, 0.2) is 24.3 Å². The van der Waals surface area contributed by atoms with Gasteiger partial charge in [-0.15, -0.1) is 0 Å². The van der Waals surface area contributed by atoms with Gasteiger partial charge >= 0.3 is 6.03 Å². The third kappa shape index (κ3) is 4.64. The van der Waals surface area contributed by atoms with Crippen molar-refractivity contribution in [3.05, 3.63) is 29.8 Å². The van der Waals surface area contributed by atoms with Gasteiger partial charge in [-0.05, 0) is 57.8 Å². The number of hydrogen-bond acceptors (Lipinski definition) is 3. The first-order valence-corrected chi connectivity index (χ1v) is 10.00. The lowest BCUT2D eigenvalue weighted by atomic mass is 9.79. The molecule has 1 aliphatic heterocycles. The normalized spacial score (nSPS) is 20.3. The summed E-state index contributed by atoms with van der Waals surface area (Å²) in [7, 11) is 0. The molecule has 0 bridgehead atoms. The molecule has 0 spiro atoms. The van der Waals surface area contributed by atoms with Crippen molar-refractivity contribution in [1.82, 2.24) is 10.2 Å². The van der Waals surface area contributed by atoms with Crippen molar-refractivity contribution in [2.24, 2.45) is 0 Å². The second-order valence-electron chi connectivity index (χ2n) is 7.78. The van der Waals surface area contributed by atoms with Crippen molar-refractivity contribution in [2.75, 3.05) is 25.0 Å². The number of benzene rings is 1. The van der Waals surface area contributed by atoms with Gasteiger partial charge < -0.3 is 10.6 Å². The summed E-state index contributed by atoms with van der Waals surface area (Å²) < 4.78 is 0. The highest BCUT2D eigenvalue weighted by Crippen LogP contribution is 2.35. The van der Waals surface area contributed by atoms with E-state index in [1.807, 2.05) is 6.07 Å². The summed E-state index contributed by atoms with van der Waals surface area (Å²) in [5.41, 5.74) is 1.39. The van der Waals surface area contributed by atoms with Crippen molar-refractivity contribution in [3.8, 4) is 0 Å². The monoisotopic (exact) mass is 357 g/mol. The Morgan fingerprint density at radius 2 is 1.73 bits per heavy atom. The fourth-order valence-electron chi connectivity index (χ4n) is 4.42. The highest BCUT2D eigenvalue weighted by molar-refractivity contribution is 5.96. The minimum atomic E-state index is -0.187. The van der Waals surface area contributed by atoms with Gasteiger partial charge in [-0.25, -0.2) is 4.79 Å². The maximum Gasteiger partial charge on any atom is 0.319 e. The number of carbonyl (C=O) groups excluding carboxylic acids is 2. The zero-order valence-corrected chi connectivity index (χ0v) is 15.9. The standard InChI is InChI=1S/C21H31N3O2/c1-17(25)18-9-8-10-19(15-18)23-20(26)22-16-21(11-4-2-5-12-21)24-13-6-3-7-14-24/h8-10,15H,2-7,11-14,16H2,1H3,(H2,22,23,26). The molecule has 5 heteroatoms. The molecule has 2 N–H and O–H groups in total. The minimum absolute atomic E-state index is 0.000292. The van der Waals surface area contributed by atoms with E-state index in [1.165, 1.54) is 58.3 Å². The average Bonchev–Trinajstić information content (AvgIpc) is 2.68. The Kier molecular flexibility index (Phi) is 6.30. The van der Waals surface area contributed by atoms with E-state index in [0.717, 1.165) is 13.1 Å². The number of Topliss-reactive ketones (excluding diaryl/α,β-unsaturated/α-hetero) is 1. The van der Waals surface area contributed by atoms with E-state index in [-0.39, 0.29) is 17.4 Å². The molecule has 1 saturated heterocycles. The topological polar surface area (TPSA) is 61.4 Å². The molecule has 2 aliphatic rings. The fourth-order valence-corrected chi connectivity index (χ4v) is 4.42. The van der Waals surface area contributed by atoms with Crippen molar-refractivity contribution in [1.29, 1.82) is 0 Å². The Morgan fingerprint density at radius 1 is 1.04 bits per heavy atom. The van der Waals surface area contributed by atoms with Crippen molar-refractivity contribution < 1.29 is 9.59 Å². The van der Waals surface area contributed by atoms with E-state index >= 15 is 0 Å². The van der Waals surface area contributed by atoms with Gasteiger partial charge in [0.15, 0.2) is 5.78 Å². The SMILES string of the molecule is CC(=O)c1cccc(NC(=O)NCC2(N3CCCCC3)CCCCC2)c1. The van der Waals surface area contributed by atoms with Crippen molar-refractivity contribution in [3.63, 3.8) is 0 Å². The number of nitrogens with one attached hydrogen (secondary N) is 2. The summed E-state index contributed by atoms with van der Waals surface area (Å²) >= 11 is 0. The van der Waals surface area contributed by atoms with Gasteiger partial charge in [-0.3, -0.25) is 9.69 Å². The molecule has 5 nitrogen and oxygen atoms in total. The second kappa shape index (κ2) is 8.67. The number of hydrogen-bond donors (Lipinski definition) is 2. The van der Waals surface area contributed by atoms with E-state index in [2.05, 4.69) is 15.5 Å². The average molecular weight is 357 g/mol. The molecule has 0 unspecified atom stereocenters. The fraction of sp³-hybridized carbons (Fsp3) is 0.619. The van der Waals surface area contributed by atoms with Crippen molar-refractivity contribution in [2.45, 2.75) is 63.8 Å². The highest BCUT2D eigenvalue weighted by atomic mass is 16.2. The van der Waals surface area contributed by atoms with E-state index in [0.29, 0.717) is 17.8 Å². The summed E-state index contributed by atoms with van der Waals surface area (Å²) in [5, 5.41) is 5.99. The number of piperidine rings is 1. The van der Waals surface area contributed by atoms with Gasteiger partial charge in [-0.1, -0.05) is 37.8 Å². The van der Waals surface area contributed by atoms with Crippen LogP contribution in [0.4, 0.5) is 10.5 Å². The molecule has 0 aromatic heterocycles. The molecule has 1 aromatic rings. The van der Waals surface area contributed by atoms with E-state index < -0.39 is 0 Å². The number of nitrogens with zero attached hydrogens (tertiary/aromatic N) is 1. The number of ketones is 1. The van der Waals surface area contributed by atoms with Gasteiger partial charge in [0.2, 0.25) is 0 Å². The molecule has 1 heterocycles. The lowest BCUT2D eigenvalue weighted by Crippen LogP contribution is -2.58. The van der Waals surface area contributed by atoms with Crippen LogP contribution in [0.2, 0.25) is 0 Å². The zero-order chi connectivity index (χ0) is 18.4. The summed E-state index contributed by atoms with van der Waals surface area (Å²) in [6.07, 6.45) is 10.0. The lowest BCUT2D eigenvalue weighted by Gasteiger charge is -2.48. The van der Waals surface area contributed by atoms with Crippen LogP contribution in [0.1, 0.15) is 68.6 Å². The smallest absolute Gasteiger partial charge is 0.319 e. The van der Waals surface area contributed by atoms with Crippen molar-refractivity contribution >= 4 is 17.5 Å². The number of carbonyl (C=O) groups is 2. The highest BCUT2D eigenvalue weighted by Gasteiger charge is 2.38. The van der Waals surface area contributed by atoms with Crippen LogP contribution in [0, 0.1) is 0 Å². The Morgan fingerprint density at radius 3 is 2.42 bits per heavy atom. The molecular weight excluding hydrogens is 326 g/mol. The quantitative estimate of drug-likeness (QED) is 0.777. The van der Waals surface area contributed by atoms with E-state index in [1.54, 1.807) is 18.2 Å². The summed E-state index contributed by atoms with van der Waals surface area (Å²) in [5.74, 6) is 0.000292. The maximum absolute atomic E-state index is 12.4. The predicted octanol–water partition coefficient (Wildman–Crippen LogP) is 4.20. The van der Waals surface area contributed by atoms with E-state index in [4.69, 9.17) is 0 Å². The van der Waals surface area contributed by atoms with Gasteiger partial charge in [0.05, 0.1) is 0 Å². The Labute approximate surface area is 156 Å². The van der Waals surface area contributed by atoms with Gasteiger partial charge in [-0.2, -0.15) is 0 Å². The lowest BCUT2D eigenvalue weighted by molar-refractivity contribution is 0.0358. The number of likely N-dealkylation sites (tertiary alicyclic amines) is 1. The summed E-state index contributed by atoms with van der Waals surface area (Å²) in [6.45, 7) is 4.55. The molecule has 26 heavy (non-hydrogen) atoms. The zero-order valence-electron chi connectivity index (χ0n) is 15.9. The molecule has 142 valence electrons. The second-order valence-corrected chi connectivity index (χ2v) is 7.78. The maximum atomic E-state index is 12.4. The first-order chi connectivity index (χ1) is 12.6. The molecule has 1 saturated carbocycles. The van der Waals surface area contributed by atoms with Crippen LogP contribution in [0.3, 0.4) is 0 Å². The molecule has 1 aliphatic carbocycles. The molecule has 2 fully saturated rings. The molecular formula is C21H31N3O2. The minimum Gasteiger partial charge on any atom is -0.336 e.